The van der Waals surface area contributed by atoms with Gasteiger partial charge in [-0.3, -0.25) is 9.59 Å². The van der Waals surface area contributed by atoms with Gasteiger partial charge in [-0.25, -0.2) is 0 Å². The highest BCUT2D eigenvalue weighted by Gasteiger charge is 2.57. The number of fused-ring (bicyclic) bond motifs is 4. The second-order valence-corrected chi connectivity index (χ2v) is 9.39. The highest BCUT2D eigenvalue weighted by molar-refractivity contribution is 5.94. The lowest BCUT2D eigenvalue weighted by atomic mass is 9.51. The maximum absolute atomic E-state index is 13.4. The zero-order valence-electron chi connectivity index (χ0n) is 17.7. The first kappa shape index (κ1) is 19.7. The fourth-order valence-corrected chi connectivity index (χ4v) is 5.50. The molecule has 0 unspecified atom stereocenters. The summed E-state index contributed by atoms with van der Waals surface area (Å²) in [6.07, 6.45) is 6.55. The van der Waals surface area contributed by atoms with Crippen molar-refractivity contribution in [1.29, 1.82) is 0 Å². The van der Waals surface area contributed by atoms with Gasteiger partial charge in [0.25, 0.3) is 0 Å². The molecule has 29 heavy (non-hydrogen) atoms. The number of nitrogens with zero attached hydrogens (tertiary/aromatic N) is 1. The first-order chi connectivity index (χ1) is 13.6. The Morgan fingerprint density at radius 1 is 1.17 bits per heavy atom. The van der Waals surface area contributed by atoms with Crippen LogP contribution in [0.3, 0.4) is 0 Å². The molecule has 0 spiro atoms. The summed E-state index contributed by atoms with van der Waals surface area (Å²) in [7, 11) is 0. The topological polar surface area (TPSA) is 69.6 Å². The molecule has 2 amide bonds. The van der Waals surface area contributed by atoms with Gasteiger partial charge in [0.05, 0.1) is 0 Å². The van der Waals surface area contributed by atoms with Gasteiger partial charge in [0.15, 0.2) is 0 Å². The van der Waals surface area contributed by atoms with Crippen LogP contribution in [-0.4, -0.2) is 34.4 Å². The van der Waals surface area contributed by atoms with Crippen LogP contribution in [0.2, 0.25) is 0 Å². The lowest BCUT2D eigenvalue weighted by Crippen LogP contribution is -2.65. The van der Waals surface area contributed by atoms with Crippen LogP contribution in [0, 0.1) is 5.41 Å². The Morgan fingerprint density at radius 2 is 1.93 bits per heavy atom. The fraction of sp³-hybridized carbons (Fsp3) is 0.500. The summed E-state index contributed by atoms with van der Waals surface area (Å²) >= 11 is 0. The third-order valence-electron chi connectivity index (χ3n) is 7.65. The van der Waals surface area contributed by atoms with Crippen molar-refractivity contribution in [1.82, 2.24) is 10.2 Å². The third-order valence-corrected chi connectivity index (χ3v) is 7.65. The van der Waals surface area contributed by atoms with Crippen LogP contribution < -0.4 is 5.32 Å². The molecule has 2 atom stereocenters. The summed E-state index contributed by atoms with van der Waals surface area (Å²) < 4.78 is 0. The van der Waals surface area contributed by atoms with Crippen LogP contribution in [0.4, 0.5) is 0 Å². The number of benzene rings is 1. The van der Waals surface area contributed by atoms with Gasteiger partial charge in [-0.15, -0.1) is 0 Å². The summed E-state index contributed by atoms with van der Waals surface area (Å²) in [5.74, 6) is 0.336. The van der Waals surface area contributed by atoms with Crippen molar-refractivity contribution in [2.24, 2.45) is 5.41 Å². The van der Waals surface area contributed by atoms with Gasteiger partial charge in [0.2, 0.25) is 11.8 Å². The molecule has 0 aromatic heterocycles. The Hall–Kier alpha value is -2.56. The number of hydrogen-bond acceptors (Lipinski definition) is 3. The number of piperidine rings is 1. The Balaban J connectivity index is 1.66. The Bertz CT molecular complexity index is 943. The fourth-order valence-electron chi connectivity index (χ4n) is 5.50. The molecular formula is C24H30N2O3. The molecule has 4 rings (SSSR count). The quantitative estimate of drug-likeness (QED) is 0.806. The highest BCUT2D eigenvalue weighted by Crippen LogP contribution is 2.57. The van der Waals surface area contributed by atoms with Crippen LogP contribution in [0.5, 0.6) is 5.75 Å². The van der Waals surface area contributed by atoms with Crippen molar-refractivity contribution in [3.8, 4) is 5.75 Å². The lowest BCUT2D eigenvalue weighted by Gasteiger charge is -2.61. The van der Waals surface area contributed by atoms with Gasteiger partial charge >= 0.3 is 0 Å². The van der Waals surface area contributed by atoms with E-state index in [1.165, 1.54) is 12.5 Å². The highest BCUT2D eigenvalue weighted by atomic mass is 16.3. The van der Waals surface area contributed by atoms with Crippen molar-refractivity contribution in [3.63, 3.8) is 0 Å². The van der Waals surface area contributed by atoms with E-state index in [-0.39, 0.29) is 28.7 Å². The molecule has 1 aromatic rings. The number of phenols is 1. The van der Waals surface area contributed by atoms with Gasteiger partial charge in [-0.2, -0.15) is 0 Å². The molecule has 5 nitrogen and oxygen atoms in total. The molecule has 2 N–H and O–H groups in total. The van der Waals surface area contributed by atoms with Gasteiger partial charge in [-0.1, -0.05) is 39.0 Å². The summed E-state index contributed by atoms with van der Waals surface area (Å²) in [4.78, 5) is 26.7. The molecule has 1 saturated heterocycles. The van der Waals surface area contributed by atoms with E-state index < -0.39 is 0 Å². The molecule has 0 radical (unpaired) electrons. The molecule has 3 aliphatic rings. The summed E-state index contributed by atoms with van der Waals surface area (Å²) in [6, 6.07) is 5.86. The first-order valence-corrected chi connectivity index (χ1v) is 10.4. The molecule has 5 heteroatoms. The van der Waals surface area contributed by atoms with Gasteiger partial charge in [-0.05, 0) is 54.4 Å². The van der Waals surface area contributed by atoms with E-state index in [1.54, 1.807) is 6.07 Å². The van der Waals surface area contributed by atoms with Crippen molar-refractivity contribution in [2.75, 3.05) is 6.54 Å². The van der Waals surface area contributed by atoms with E-state index in [9.17, 15) is 14.7 Å². The van der Waals surface area contributed by atoms with Crippen molar-refractivity contribution in [2.45, 2.75) is 64.8 Å². The van der Waals surface area contributed by atoms with Gasteiger partial charge in [0, 0.05) is 36.2 Å². The number of hydrogen-bond donors (Lipinski definition) is 2. The normalized spacial score (nSPS) is 27.4. The Labute approximate surface area is 172 Å². The second-order valence-electron chi connectivity index (χ2n) is 9.39. The molecule has 2 aliphatic carbocycles. The smallest absolute Gasteiger partial charge is 0.250 e. The van der Waals surface area contributed by atoms with Crippen molar-refractivity contribution >= 4 is 11.8 Å². The van der Waals surface area contributed by atoms with E-state index in [0.717, 1.165) is 29.8 Å². The molecule has 0 saturated carbocycles. The molecule has 1 fully saturated rings. The summed E-state index contributed by atoms with van der Waals surface area (Å²) in [5.41, 5.74) is 3.68. The van der Waals surface area contributed by atoms with Crippen LogP contribution in [0.15, 0.2) is 41.6 Å². The maximum atomic E-state index is 13.4. The maximum Gasteiger partial charge on any atom is 0.250 e. The largest absolute Gasteiger partial charge is 0.508 e. The van der Waals surface area contributed by atoms with E-state index in [2.05, 4.69) is 32.2 Å². The third kappa shape index (κ3) is 2.98. The van der Waals surface area contributed by atoms with Crippen LogP contribution >= 0.6 is 0 Å². The number of phenolic OH excluding ortho intramolecular Hbond substituents is 1. The molecule has 154 valence electrons. The Kier molecular flexibility index (Phi) is 4.60. The van der Waals surface area contributed by atoms with Crippen molar-refractivity contribution < 1.29 is 14.7 Å². The minimum Gasteiger partial charge on any atom is -0.508 e. The number of rotatable bonds is 2. The monoisotopic (exact) mass is 394 g/mol. The molecular weight excluding hydrogens is 364 g/mol. The second kappa shape index (κ2) is 6.75. The number of nitrogens with one attached hydrogen (secondary N) is 1. The van der Waals surface area contributed by atoms with Crippen LogP contribution in [0.1, 0.15) is 58.1 Å². The average molecular weight is 395 g/mol. The van der Waals surface area contributed by atoms with E-state index >= 15 is 0 Å². The zero-order valence-corrected chi connectivity index (χ0v) is 17.7. The minimum atomic E-state index is -0.103. The average Bonchev–Trinajstić information content (AvgIpc) is 2.65. The SMILES string of the molecule is CC(=O)NC1=CC=C(C(=O)N2CC[C@@]3(C)c4cccc(O)c4C[C@@H]2C3(C)C)CC1. The van der Waals surface area contributed by atoms with Crippen LogP contribution in [-0.2, 0) is 21.4 Å². The van der Waals surface area contributed by atoms with Gasteiger partial charge in [0.1, 0.15) is 5.75 Å². The number of amides is 2. The van der Waals surface area contributed by atoms with E-state index in [4.69, 9.17) is 0 Å². The lowest BCUT2D eigenvalue weighted by molar-refractivity contribution is -0.139. The van der Waals surface area contributed by atoms with Crippen molar-refractivity contribution in [3.05, 3.63) is 52.7 Å². The number of allylic oxidation sites excluding steroid dienone is 3. The molecule has 2 bridgehead atoms. The molecule has 1 aromatic carbocycles. The summed E-state index contributed by atoms with van der Waals surface area (Å²) in [6.45, 7) is 9.01. The molecule has 1 aliphatic heterocycles. The van der Waals surface area contributed by atoms with E-state index in [0.29, 0.717) is 25.0 Å². The zero-order chi connectivity index (χ0) is 21.0. The minimum absolute atomic E-state index is 0.0381. The number of carbonyl (C=O) groups is 2. The summed E-state index contributed by atoms with van der Waals surface area (Å²) in [5, 5.41) is 13.3. The number of carbonyl (C=O) groups excluding carboxylic acids is 2. The van der Waals surface area contributed by atoms with E-state index in [1.807, 2.05) is 23.1 Å². The predicted octanol–water partition coefficient (Wildman–Crippen LogP) is 3.57. The number of aromatic hydroxyl groups is 1. The standard InChI is InChI=1S/C24H30N2O3/c1-15(27)25-17-10-8-16(9-11-17)22(29)26-13-12-24(4)19-6-5-7-20(28)18(19)14-21(26)23(24,2)3/h5-8,10,21,28H,9,11-14H2,1-4H3,(H,25,27)/t21-,24+/m1/s1. The van der Waals surface area contributed by atoms with Crippen LogP contribution in [0.25, 0.3) is 0 Å². The van der Waals surface area contributed by atoms with Gasteiger partial charge < -0.3 is 15.3 Å². The Morgan fingerprint density at radius 3 is 2.59 bits per heavy atom. The first-order valence-electron chi connectivity index (χ1n) is 10.4. The molecule has 1 heterocycles. The number of likely N-dealkylation sites (tertiary alicyclic amines) is 1. The predicted molar refractivity (Wildman–Crippen MR) is 112 cm³/mol.